The summed E-state index contributed by atoms with van der Waals surface area (Å²) in [5, 5.41) is 10.2. The van der Waals surface area contributed by atoms with Crippen LogP contribution in [0.25, 0.3) is 11.1 Å². The molecule has 2 aromatic carbocycles. The summed E-state index contributed by atoms with van der Waals surface area (Å²) in [6, 6.07) is 15.3. The van der Waals surface area contributed by atoms with E-state index in [1.807, 2.05) is 0 Å². The van der Waals surface area contributed by atoms with Gasteiger partial charge in [0, 0.05) is 30.8 Å². The van der Waals surface area contributed by atoms with Crippen LogP contribution in [0.15, 0.2) is 36.4 Å². The van der Waals surface area contributed by atoms with Crippen molar-refractivity contribution < 1.29 is 9.47 Å². The second-order valence-electron chi connectivity index (χ2n) is 10.6. The Hall–Kier alpha value is -2.51. The maximum absolute atomic E-state index is 10.2. The highest BCUT2D eigenvalue weighted by Crippen LogP contribution is 2.37. The maximum atomic E-state index is 10.2. The Morgan fingerprint density at radius 3 is 2.18 bits per heavy atom. The predicted octanol–water partition coefficient (Wildman–Crippen LogP) is 7.14. The average molecular weight is 449 g/mol. The lowest BCUT2D eigenvalue weighted by Gasteiger charge is -2.30. The van der Waals surface area contributed by atoms with Gasteiger partial charge >= 0.3 is 0 Å². The Morgan fingerprint density at radius 2 is 1.61 bits per heavy atom. The summed E-state index contributed by atoms with van der Waals surface area (Å²) in [7, 11) is 0. The zero-order chi connectivity index (χ0) is 24.1. The molecule has 0 N–H and O–H groups in total. The smallest absolute Gasteiger partial charge is 0.141 e. The van der Waals surface area contributed by atoms with Crippen molar-refractivity contribution in [3.63, 3.8) is 0 Å². The summed E-state index contributed by atoms with van der Waals surface area (Å²) in [6.45, 7) is 15.3. The average Bonchev–Trinajstić information content (AvgIpc) is 2.78. The van der Waals surface area contributed by atoms with Crippen molar-refractivity contribution in [2.75, 3.05) is 24.6 Å². The number of benzene rings is 2. The van der Waals surface area contributed by atoms with Gasteiger partial charge in [-0.1, -0.05) is 31.2 Å². The van der Waals surface area contributed by atoms with Crippen molar-refractivity contribution in [2.45, 2.75) is 84.8 Å². The summed E-state index contributed by atoms with van der Waals surface area (Å²) in [5.74, 6) is 0.707. The third kappa shape index (κ3) is 6.74. The summed E-state index contributed by atoms with van der Waals surface area (Å²) in [5.41, 5.74) is 4.29. The highest BCUT2D eigenvalue weighted by atomic mass is 16.5. The number of nitriles is 1. The minimum atomic E-state index is -0.447. The van der Waals surface area contributed by atoms with Crippen LogP contribution in [0.1, 0.15) is 78.4 Å². The number of piperidine rings is 1. The normalized spacial score (nSPS) is 14.8. The first kappa shape index (κ1) is 25.1. The molecule has 3 rings (SSSR count). The molecule has 1 fully saturated rings. The molecule has 1 aliphatic heterocycles. The lowest BCUT2D eigenvalue weighted by atomic mass is 9.95. The summed E-state index contributed by atoms with van der Waals surface area (Å²) >= 11 is 0. The second-order valence-corrected chi connectivity index (χ2v) is 10.6. The first-order chi connectivity index (χ1) is 15.6. The van der Waals surface area contributed by atoms with Crippen LogP contribution in [0.2, 0.25) is 0 Å². The van der Waals surface area contributed by atoms with E-state index in [-0.39, 0.29) is 5.60 Å². The van der Waals surface area contributed by atoms with Gasteiger partial charge in [0.2, 0.25) is 0 Å². The lowest BCUT2D eigenvalue weighted by Crippen LogP contribution is -2.32. The second kappa shape index (κ2) is 10.6. The van der Waals surface area contributed by atoms with Gasteiger partial charge in [-0.2, -0.15) is 5.26 Å². The molecule has 1 aliphatic rings. The molecule has 0 spiro atoms. The molecule has 178 valence electrons. The fraction of sp³-hybridized carbons (Fsp3) is 0.552. The van der Waals surface area contributed by atoms with Gasteiger partial charge in [-0.3, -0.25) is 0 Å². The van der Waals surface area contributed by atoms with E-state index >= 15 is 0 Å². The Morgan fingerprint density at radius 1 is 0.939 bits per heavy atom. The molecule has 2 aromatic rings. The van der Waals surface area contributed by atoms with Gasteiger partial charge in [0.15, 0.2) is 0 Å². The van der Waals surface area contributed by atoms with Crippen LogP contribution in [-0.4, -0.2) is 30.9 Å². The van der Waals surface area contributed by atoms with Crippen molar-refractivity contribution in [1.82, 2.24) is 0 Å². The van der Waals surface area contributed by atoms with Crippen LogP contribution in [0.5, 0.6) is 5.75 Å². The van der Waals surface area contributed by atoms with Gasteiger partial charge in [-0.05, 0) is 83.6 Å². The maximum Gasteiger partial charge on any atom is 0.141 e. The molecule has 4 nitrogen and oxygen atoms in total. The van der Waals surface area contributed by atoms with E-state index in [4.69, 9.17) is 9.47 Å². The zero-order valence-corrected chi connectivity index (χ0v) is 21.3. The monoisotopic (exact) mass is 448 g/mol. The van der Waals surface area contributed by atoms with Gasteiger partial charge < -0.3 is 14.4 Å². The molecule has 0 aliphatic carbocycles. The summed E-state index contributed by atoms with van der Waals surface area (Å²) in [4.78, 5) is 2.45. The molecular formula is C29H40N2O2. The number of aryl methyl sites for hydroxylation is 1. The first-order valence-electron chi connectivity index (χ1n) is 12.4. The highest BCUT2D eigenvalue weighted by molar-refractivity contribution is 5.76. The minimum absolute atomic E-state index is 0.178. The fourth-order valence-electron chi connectivity index (χ4n) is 4.31. The van der Waals surface area contributed by atoms with E-state index in [0.29, 0.717) is 17.9 Å². The van der Waals surface area contributed by atoms with Crippen LogP contribution < -0.4 is 9.64 Å². The van der Waals surface area contributed by atoms with E-state index in [0.717, 1.165) is 42.6 Å². The number of hydrogen-bond donors (Lipinski definition) is 0. The first-order valence-corrected chi connectivity index (χ1v) is 12.4. The number of rotatable bonds is 8. The Balaban J connectivity index is 1.87. The van der Waals surface area contributed by atoms with Gasteiger partial charge in [0.25, 0.3) is 0 Å². The van der Waals surface area contributed by atoms with Crippen molar-refractivity contribution >= 4 is 5.69 Å². The van der Waals surface area contributed by atoms with E-state index < -0.39 is 5.60 Å². The molecule has 0 radical (unpaired) electrons. The molecular weight excluding hydrogens is 408 g/mol. The van der Waals surface area contributed by atoms with Crippen LogP contribution in [0, 0.1) is 11.3 Å². The molecule has 4 heteroatoms. The van der Waals surface area contributed by atoms with Crippen LogP contribution in [0.3, 0.4) is 0 Å². The molecule has 33 heavy (non-hydrogen) atoms. The summed E-state index contributed by atoms with van der Waals surface area (Å²) in [6.07, 6.45) is 5.40. The third-order valence-corrected chi connectivity index (χ3v) is 6.25. The SMILES string of the molecule is CCc1ccc(-c2ccc(N3CCCCC3)cc2)c(C#N)c1OC(C)(C)CCOC(C)(C)C. The van der Waals surface area contributed by atoms with Gasteiger partial charge in [-0.15, -0.1) is 0 Å². The van der Waals surface area contributed by atoms with Gasteiger partial charge in [0.1, 0.15) is 23.0 Å². The van der Waals surface area contributed by atoms with Crippen LogP contribution in [0.4, 0.5) is 5.69 Å². The van der Waals surface area contributed by atoms with E-state index in [9.17, 15) is 5.26 Å². The Bertz CT molecular complexity index is 959. The molecule has 0 saturated carbocycles. The van der Waals surface area contributed by atoms with Gasteiger partial charge in [0.05, 0.1) is 12.2 Å². The zero-order valence-electron chi connectivity index (χ0n) is 21.3. The molecule has 0 atom stereocenters. The topological polar surface area (TPSA) is 45.5 Å². The van der Waals surface area contributed by atoms with E-state index in [2.05, 4.69) is 88.9 Å². The Labute approximate surface area is 200 Å². The molecule has 0 amide bonds. The number of hydrogen-bond acceptors (Lipinski definition) is 4. The highest BCUT2D eigenvalue weighted by Gasteiger charge is 2.26. The molecule has 0 unspecified atom stereocenters. The fourth-order valence-corrected chi connectivity index (χ4v) is 4.31. The largest absolute Gasteiger partial charge is 0.486 e. The van der Waals surface area contributed by atoms with E-state index in [1.54, 1.807) is 0 Å². The molecule has 1 saturated heterocycles. The number of nitrogens with zero attached hydrogens (tertiary/aromatic N) is 2. The van der Waals surface area contributed by atoms with Gasteiger partial charge in [-0.25, -0.2) is 0 Å². The van der Waals surface area contributed by atoms with Crippen molar-refractivity contribution in [2.24, 2.45) is 0 Å². The summed E-state index contributed by atoms with van der Waals surface area (Å²) < 4.78 is 12.5. The molecule has 0 aromatic heterocycles. The quantitative estimate of drug-likeness (QED) is 0.430. The molecule has 0 bridgehead atoms. The van der Waals surface area contributed by atoms with Crippen molar-refractivity contribution in [3.05, 3.63) is 47.5 Å². The third-order valence-electron chi connectivity index (χ3n) is 6.25. The predicted molar refractivity (Wildman–Crippen MR) is 137 cm³/mol. The molecule has 1 heterocycles. The minimum Gasteiger partial charge on any atom is -0.486 e. The van der Waals surface area contributed by atoms with Crippen molar-refractivity contribution in [1.29, 1.82) is 5.26 Å². The number of anilines is 1. The van der Waals surface area contributed by atoms with E-state index in [1.165, 1.54) is 24.9 Å². The Kier molecular flexibility index (Phi) is 8.08. The lowest BCUT2D eigenvalue weighted by molar-refractivity contribution is -0.0294. The van der Waals surface area contributed by atoms with Crippen LogP contribution >= 0.6 is 0 Å². The van der Waals surface area contributed by atoms with Crippen LogP contribution in [-0.2, 0) is 11.2 Å². The van der Waals surface area contributed by atoms with Crippen molar-refractivity contribution in [3.8, 4) is 22.9 Å². The number of ether oxygens (including phenoxy) is 2. The standard InChI is InChI=1S/C29H40N2O2/c1-7-22-13-16-25(23-11-14-24(15-12-23)31-18-9-8-10-19-31)26(21-30)27(22)33-29(5,6)17-20-32-28(2,3)4/h11-16H,7-10,17-20H2,1-6H3.